The highest BCUT2D eigenvalue weighted by molar-refractivity contribution is 7.92. The quantitative estimate of drug-likeness (QED) is 0.797. The van der Waals surface area contributed by atoms with Crippen LogP contribution in [0.15, 0.2) is 52.2 Å². The topological polar surface area (TPSA) is 73.1 Å². The van der Waals surface area contributed by atoms with Crippen molar-refractivity contribution in [2.45, 2.75) is 11.8 Å². The van der Waals surface area contributed by atoms with E-state index in [0.29, 0.717) is 22.3 Å². The summed E-state index contributed by atoms with van der Waals surface area (Å²) in [4.78, 5) is 12.2. The molecule has 23 heavy (non-hydrogen) atoms. The standard InChI is InChI=1S/C16H17N3O3S/c1-11-9-13-14(19(3)16(20)18(13)2)10-15(11)23(21,22)17-12-7-5-4-6-8-12/h4-10,17H,1-3H3. The van der Waals surface area contributed by atoms with Crippen molar-refractivity contribution in [2.24, 2.45) is 14.1 Å². The largest absolute Gasteiger partial charge is 0.328 e. The SMILES string of the molecule is Cc1cc2c(cc1S(=O)(=O)Nc1ccccc1)n(C)c(=O)n2C. The Morgan fingerprint density at radius 1 is 0.957 bits per heavy atom. The second kappa shape index (κ2) is 5.27. The van der Waals surface area contributed by atoms with Crippen LogP contribution in [0.5, 0.6) is 0 Å². The molecule has 3 aromatic rings. The summed E-state index contributed by atoms with van der Waals surface area (Å²) in [6.45, 7) is 1.72. The van der Waals surface area contributed by atoms with Crippen LogP contribution in [0, 0.1) is 6.92 Å². The molecule has 0 bridgehead atoms. The molecular weight excluding hydrogens is 314 g/mol. The smallest absolute Gasteiger partial charge is 0.295 e. The maximum Gasteiger partial charge on any atom is 0.328 e. The first kappa shape index (κ1) is 15.4. The fourth-order valence-electron chi connectivity index (χ4n) is 2.64. The van der Waals surface area contributed by atoms with E-state index in [4.69, 9.17) is 0 Å². The molecule has 0 unspecified atom stereocenters. The van der Waals surface area contributed by atoms with Crippen LogP contribution < -0.4 is 10.4 Å². The van der Waals surface area contributed by atoms with Gasteiger partial charge in [0.05, 0.1) is 15.9 Å². The summed E-state index contributed by atoms with van der Waals surface area (Å²) in [5.74, 6) is 0. The second-order valence-electron chi connectivity index (χ2n) is 5.48. The van der Waals surface area contributed by atoms with E-state index >= 15 is 0 Å². The molecule has 0 aliphatic rings. The molecule has 2 aromatic carbocycles. The Labute approximate surface area is 134 Å². The van der Waals surface area contributed by atoms with Crippen molar-refractivity contribution < 1.29 is 8.42 Å². The molecule has 0 radical (unpaired) electrons. The van der Waals surface area contributed by atoms with Crippen LogP contribution in [0.25, 0.3) is 11.0 Å². The van der Waals surface area contributed by atoms with E-state index in [9.17, 15) is 13.2 Å². The van der Waals surface area contributed by atoms with E-state index < -0.39 is 10.0 Å². The molecule has 0 fully saturated rings. The molecule has 0 atom stereocenters. The lowest BCUT2D eigenvalue weighted by atomic mass is 10.2. The molecule has 0 spiro atoms. The van der Waals surface area contributed by atoms with Crippen LogP contribution in [0.1, 0.15) is 5.56 Å². The third-order valence-corrected chi connectivity index (χ3v) is 5.41. The van der Waals surface area contributed by atoms with Crippen molar-refractivity contribution in [1.29, 1.82) is 0 Å². The number of imidazole rings is 1. The third kappa shape index (κ3) is 2.53. The average molecular weight is 331 g/mol. The molecule has 0 aliphatic heterocycles. The van der Waals surface area contributed by atoms with E-state index in [0.717, 1.165) is 0 Å². The minimum atomic E-state index is -3.73. The van der Waals surface area contributed by atoms with Gasteiger partial charge in [-0.05, 0) is 36.8 Å². The van der Waals surface area contributed by atoms with Gasteiger partial charge in [-0.3, -0.25) is 13.9 Å². The Bertz CT molecular complexity index is 1050. The fourth-order valence-corrected chi connectivity index (χ4v) is 3.94. The summed E-state index contributed by atoms with van der Waals surface area (Å²) in [5, 5.41) is 0. The molecule has 120 valence electrons. The normalized spacial score (nSPS) is 11.8. The van der Waals surface area contributed by atoms with Gasteiger partial charge < -0.3 is 0 Å². The van der Waals surface area contributed by atoms with E-state index in [-0.39, 0.29) is 10.6 Å². The Kier molecular flexibility index (Phi) is 3.52. The number of fused-ring (bicyclic) bond motifs is 1. The first-order valence-corrected chi connectivity index (χ1v) is 8.53. The molecule has 0 saturated heterocycles. The van der Waals surface area contributed by atoms with Crippen LogP contribution in [-0.4, -0.2) is 17.6 Å². The predicted octanol–water partition coefficient (Wildman–Crippen LogP) is 1.99. The number of sulfonamides is 1. The molecule has 0 aliphatic carbocycles. The molecule has 1 aromatic heterocycles. The zero-order valence-electron chi connectivity index (χ0n) is 13.1. The lowest BCUT2D eigenvalue weighted by molar-refractivity contribution is 0.600. The summed E-state index contributed by atoms with van der Waals surface area (Å²) in [6.07, 6.45) is 0. The number of hydrogen-bond acceptors (Lipinski definition) is 3. The van der Waals surface area contributed by atoms with Gasteiger partial charge in [-0.15, -0.1) is 0 Å². The number of anilines is 1. The molecule has 1 N–H and O–H groups in total. The number of aromatic nitrogens is 2. The zero-order chi connectivity index (χ0) is 16.8. The minimum Gasteiger partial charge on any atom is -0.295 e. The number of nitrogens with zero attached hydrogens (tertiary/aromatic N) is 2. The van der Waals surface area contributed by atoms with Gasteiger partial charge >= 0.3 is 5.69 Å². The molecular formula is C16H17N3O3S. The predicted molar refractivity (Wildman–Crippen MR) is 90.1 cm³/mol. The van der Waals surface area contributed by atoms with Crippen LogP contribution in [0.4, 0.5) is 5.69 Å². The highest BCUT2D eigenvalue weighted by Gasteiger charge is 2.20. The summed E-state index contributed by atoms with van der Waals surface area (Å²) in [5.41, 5.74) is 2.17. The lowest BCUT2D eigenvalue weighted by Gasteiger charge is -2.11. The van der Waals surface area contributed by atoms with Crippen LogP contribution in [0.2, 0.25) is 0 Å². The van der Waals surface area contributed by atoms with E-state index in [1.165, 1.54) is 15.2 Å². The number of hydrogen-bond donors (Lipinski definition) is 1. The first-order chi connectivity index (χ1) is 10.8. The molecule has 7 heteroatoms. The van der Waals surface area contributed by atoms with Gasteiger partial charge in [0.15, 0.2) is 0 Å². The first-order valence-electron chi connectivity index (χ1n) is 7.05. The number of nitrogens with one attached hydrogen (secondary N) is 1. The van der Waals surface area contributed by atoms with Crippen LogP contribution in [-0.2, 0) is 24.1 Å². The Morgan fingerprint density at radius 2 is 1.52 bits per heavy atom. The summed E-state index contributed by atoms with van der Waals surface area (Å²) in [6, 6.07) is 12.0. The van der Waals surface area contributed by atoms with E-state index in [1.807, 2.05) is 6.07 Å². The average Bonchev–Trinajstić information content (AvgIpc) is 2.71. The van der Waals surface area contributed by atoms with Crippen molar-refractivity contribution in [3.8, 4) is 0 Å². The summed E-state index contributed by atoms with van der Waals surface area (Å²) < 4.78 is 30.8. The van der Waals surface area contributed by atoms with Crippen molar-refractivity contribution in [3.05, 3.63) is 58.5 Å². The lowest BCUT2D eigenvalue weighted by Crippen LogP contribution is -2.19. The molecule has 0 saturated carbocycles. The number of para-hydroxylation sites is 1. The Hall–Kier alpha value is -2.54. The molecule has 1 heterocycles. The van der Waals surface area contributed by atoms with Crippen LogP contribution in [0.3, 0.4) is 0 Å². The minimum absolute atomic E-state index is 0.162. The highest BCUT2D eigenvalue weighted by atomic mass is 32.2. The number of benzene rings is 2. The Morgan fingerprint density at radius 3 is 2.13 bits per heavy atom. The monoisotopic (exact) mass is 331 g/mol. The second-order valence-corrected chi connectivity index (χ2v) is 7.13. The van der Waals surface area contributed by atoms with Gasteiger partial charge in [-0.1, -0.05) is 18.2 Å². The van der Waals surface area contributed by atoms with Gasteiger partial charge in [0.1, 0.15) is 0 Å². The Balaban J connectivity index is 2.18. The van der Waals surface area contributed by atoms with Crippen molar-refractivity contribution in [3.63, 3.8) is 0 Å². The van der Waals surface area contributed by atoms with Crippen molar-refractivity contribution >= 4 is 26.7 Å². The maximum absolute atomic E-state index is 12.7. The van der Waals surface area contributed by atoms with E-state index in [2.05, 4.69) is 4.72 Å². The van der Waals surface area contributed by atoms with Crippen LogP contribution >= 0.6 is 0 Å². The van der Waals surface area contributed by atoms with Gasteiger partial charge in [0.2, 0.25) is 0 Å². The molecule has 3 rings (SSSR count). The molecule has 6 nitrogen and oxygen atoms in total. The number of rotatable bonds is 3. The molecule has 0 amide bonds. The number of aryl methyl sites for hydroxylation is 3. The van der Waals surface area contributed by atoms with Gasteiger partial charge in [-0.2, -0.15) is 0 Å². The van der Waals surface area contributed by atoms with E-state index in [1.54, 1.807) is 51.4 Å². The van der Waals surface area contributed by atoms with Gasteiger partial charge in [-0.25, -0.2) is 13.2 Å². The van der Waals surface area contributed by atoms with Crippen molar-refractivity contribution in [1.82, 2.24) is 9.13 Å². The van der Waals surface area contributed by atoms with Gasteiger partial charge in [0.25, 0.3) is 10.0 Å². The highest BCUT2D eigenvalue weighted by Crippen LogP contribution is 2.24. The fraction of sp³-hybridized carbons (Fsp3) is 0.188. The summed E-state index contributed by atoms with van der Waals surface area (Å²) in [7, 11) is -0.437. The third-order valence-electron chi connectivity index (χ3n) is 3.88. The van der Waals surface area contributed by atoms with Gasteiger partial charge in [0, 0.05) is 19.8 Å². The maximum atomic E-state index is 12.7. The zero-order valence-corrected chi connectivity index (χ0v) is 13.9. The summed E-state index contributed by atoms with van der Waals surface area (Å²) >= 11 is 0. The van der Waals surface area contributed by atoms with Crippen molar-refractivity contribution in [2.75, 3.05) is 4.72 Å².